The van der Waals surface area contributed by atoms with Gasteiger partial charge in [0.15, 0.2) is 6.29 Å². The van der Waals surface area contributed by atoms with E-state index in [-0.39, 0.29) is 12.5 Å². The number of aldehydes is 1. The number of ether oxygens (including phenoxy) is 1. The average Bonchev–Trinajstić information content (AvgIpc) is 2.87. The zero-order valence-corrected chi connectivity index (χ0v) is 22.5. The molecule has 0 spiro atoms. The van der Waals surface area contributed by atoms with Crippen LogP contribution < -0.4 is 5.73 Å². The summed E-state index contributed by atoms with van der Waals surface area (Å²) in [4.78, 5) is 43.6. The summed E-state index contributed by atoms with van der Waals surface area (Å²) in [7, 11) is 0. The fourth-order valence-electron chi connectivity index (χ4n) is 5.11. The molecule has 37 heavy (non-hydrogen) atoms. The first kappa shape index (κ1) is 27.4. The van der Waals surface area contributed by atoms with Crippen LogP contribution >= 0.6 is 23.2 Å². The molecular weight excluding hydrogens is 515 g/mol. The van der Waals surface area contributed by atoms with Crippen LogP contribution in [0.15, 0.2) is 36.4 Å². The molecule has 0 radical (unpaired) electrons. The Morgan fingerprint density at radius 1 is 1.03 bits per heavy atom. The molecule has 2 saturated heterocycles. The highest BCUT2D eigenvalue weighted by Crippen LogP contribution is 2.33. The molecule has 2 N–H and O–H groups in total. The normalized spacial score (nSPS) is 21.4. The second-order valence-electron chi connectivity index (χ2n) is 9.72. The summed E-state index contributed by atoms with van der Waals surface area (Å²) in [6, 6.07) is 10.5. The van der Waals surface area contributed by atoms with Gasteiger partial charge in [0, 0.05) is 31.7 Å². The minimum atomic E-state index is -1.15. The lowest BCUT2D eigenvalue weighted by atomic mass is 10.0. The number of rotatable bonds is 5. The fourth-order valence-corrected chi connectivity index (χ4v) is 5.42. The zero-order chi connectivity index (χ0) is 26.7. The van der Waals surface area contributed by atoms with Gasteiger partial charge in [0.1, 0.15) is 0 Å². The molecule has 3 atom stereocenters. The summed E-state index contributed by atoms with van der Waals surface area (Å²) < 4.78 is 5.67. The molecule has 10 heteroatoms. The van der Waals surface area contributed by atoms with Crippen LogP contribution in [-0.2, 0) is 9.53 Å². The first-order valence-corrected chi connectivity index (χ1v) is 13.2. The first-order valence-electron chi connectivity index (χ1n) is 12.4. The molecule has 2 heterocycles. The number of hydrogen-bond donors (Lipinski definition) is 1. The Hall–Kier alpha value is -2.65. The lowest BCUT2D eigenvalue weighted by Gasteiger charge is -2.44. The maximum Gasteiger partial charge on any atom is 0.412 e. The van der Waals surface area contributed by atoms with Gasteiger partial charge in [-0.05, 0) is 62.9 Å². The van der Waals surface area contributed by atoms with E-state index >= 15 is 0 Å². The SMILES string of the molecule is Cc1cc(C)cc(C(=O)N2CCN(C(C=O)OC(=O)N3CCCCC3N)C(c3ccc(Cl)c(Cl)c3)C2)c1. The number of nitrogens with two attached hydrogens (primary N) is 1. The van der Waals surface area contributed by atoms with Crippen LogP contribution in [0.4, 0.5) is 4.79 Å². The van der Waals surface area contributed by atoms with Crippen molar-refractivity contribution >= 4 is 41.5 Å². The van der Waals surface area contributed by atoms with Crippen molar-refractivity contribution in [2.75, 3.05) is 26.2 Å². The minimum Gasteiger partial charge on any atom is -0.423 e. The van der Waals surface area contributed by atoms with E-state index in [1.165, 1.54) is 4.90 Å². The third kappa shape index (κ3) is 6.26. The smallest absolute Gasteiger partial charge is 0.412 e. The van der Waals surface area contributed by atoms with Gasteiger partial charge in [0.05, 0.1) is 22.3 Å². The molecule has 2 aromatic rings. The molecule has 2 amide bonds. The molecule has 2 fully saturated rings. The van der Waals surface area contributed by atoms with Gasteiger partial charge in [-0.25, -0.2) is 4.79 Å². The maximum absolute atomic E-state index is 13.5. The molecule has 2 aliphatic heterocycles. The number of piperazine rings is 1. The topological polar surface area (TPSA) is 96.2 Å². The van der Waals surface area contributed by atoms with Gasteiger partial charge in [-0.15, -0.1) is 0 Å². The number of carbonyl (C=O) groups excluding carboxylic acids is 3. The van der Waals surface area contributed by atoms with E-state index in [0.717, 1.165) is 29.5 Å². The van der Waals surface area contributed by atoms with Gasteiger partial charge in [0.2, 0.25) is 6.23 Å². The van der Waals surface area contributed by atoms with Crippen molar-refractivity contribution < 1.29 is 19.1 Å². The Morgan fingerprint density at radius 2 is 1.76 bits per heavy atom. The monoisotopic (exact) mass is 546 g/mol. The summed E-state index contributed by atoms with van der Waals surface area (Å²) in [6.07, 6.45) is 0.861. The highest BCUT2D eigenvalue weighted by Gasteiger charge is 2.38. The van der Waals surface area contributed by atoms with Crippen molar-refractivity contribution in [1.29, 1.82) is 0 Å². The van der Waals surface area contributed by atoms with E-state index in [9.17, 15) is 14.4 Å². The van der Waals surface area contributed by atoms with E-state index in [2.05, 4.69) is 0 Å². The molecule has 0 aliphatic carbocycles. The number of nitrogens with zero attached hydrogens (tertiary/aromatic N) is 3. The summed E-state index contributed by atoms with van der Waals surface area (Å²) in [6.45, 7) is 5.34. The fraction of sp³-hybridized carbons (Fsp3) is 0.444. The second kappa shape index (κ2) is 11.8. The Bertz CT molecular complexity index is 1160. The quantitative estimate of drug-likeness (QED) is 0.553. The maximum atomic E-state index is 13.5. The van der Waals surface area contributed by atoms with Gasteiger partial charge in [-0.2, -0.15) is 0 Å². The molecule has 2 aliphatic rings. The third-order valence-electron chi connectivity index (χ3n) is 6.95. The van der Waals surface area contributed by atoms with Crippen LogP contribution in [0.2, 0.25) is 10.0 Å². The molecule has 198 valence electrons. The van der Waals surface area contributed by atoms with Gasteiger partial charge in [-0.3, -0.25) is 19.4 Å². The molecule has 0 aromatic heterocycles. The first-order chi connectivity index (χ1) is 17.7. The van der Waals surface area contributed by atoms with Crippen molar-refractivity contribution in [1.82, 2.24) is 14.7 Å². The van der Waals surface area contributed by atoms with E-state index in [1.54, 1.807) is 28.0 Å². The van der Waals surface area contributed by atoms with Gasteiger partial charge in [-0.1, -0.05) is 46.5 Å². The lowest BCUT2D eigenvalue weighted by molar-refractivity contribution is -0.132. The molecule has 0 bridgehead atoms. The number of piperidine rings is 1. The van der Waals surface area contributed by atoms with Gasteiger partial charge >= 0.3 is 6.09 Å². The van der Waals surface area contributed by atoms with Crippen molar-refractivity contribution in [2.24, 2.45) is 5.73 Å². The Labute approximate surface area is 227 Å². The van der Waals surface area contributed by atoms with Crippen molar-refractivity contribution in [2.45, 2.75) is 51.5 Å². The molecular formula is C27H32Cl2N4O4. The van der Waals surface area contributed by atoms with E-state index < -0.39 is 24.5 Å². The highest BCUT2D eigenvalue weighted by molar-refractivity contribution is 6.42. The Morgan fingerprint density at radius 3 is 2.41 bits per heavy atom. The number of likely N-dealkylation sites (tertiary alicyclic amines) is 1. The minimum absolute atomic E-state index is 0.101. The summed E-state index contributed by atoms with van der Waals surface area (Å²) in [5.74, 6) is -0.101. The number of amides is 2. The zero-order valence-electron chi connectivity index (χ0n) is 21.0. The van der Waals surface area contributed by atoms with Crippen molar-refractivity contribution in [3.63, 3.8) is 0 Å². The number of hydrogen-bond acceptors (Lipinski definition) is 6. The van der Waals surface area contributed by atoms with Crippen LogP contribution in [0.3, 0.4) is 0 Å². The highest BCUT2D eigenvalue weighted by atomic mass is 35.5. The van der Waals surface area contributed by atoms with Gasteiger partial charge in [0.25, 0.3) is 5.91 Å². The third-order valence-corrected chi connectivity index (χ3v) is 7.69. The average molecular weight is 547 g/mol. The van der Waals surface area contributed by atoms with Crippen LogP contribution in [0, 0.1) is 13.8 Å². The predicted octanol–water partition coefficient (Wildman–Crippen LogP) is 4.54. The molecule has 4 rings (SSSR count). The number of aryl methyl sites for hydroxylation is 2. The largest absolute Gasteiger partial charge is 0.423 e. The van der Waals surface area contributed by atoms with Crippen molar-refractivity contribution in [3.05, 3.63) is 68.7 Å². The standard InChI is InChI=1S/C27H32Cl2N4O4/c1-17-11-18(2)13-20(12-17)26(35)31-9-10-32(23(15-31)19-6-7-21(28)22(29)14-19)25(16-34)37-27(36)33-8-4-3-5-24(33)30/h6-7,11-14,16,23-25H,3-5,8-10,15,30H2,1-2H3. The Kier molecular flexibility index (Phi) is 8.75. The van der Waals surface area contributed by atoms with Crippen LogP contribution in [0.1, 0.15) is 52.4 Å². The summed E-state index contributed by atoms with van der Waals surface area (Å²) in [5, 5.41) is 0.754. The van der Waals surface area contributed by atoms with Crippen molar-refractivity contribution in [3.8, 4) is 0 Å². The summed E-state index contributed by atoms with van der Waals surface area (Å²) in [5.41, 5.74) is 9.48. The number of carbonyl (C=O) groups is 3. The Balaban J connectivity index is 1.60. The molecule has 3 unspecified atom stereocenters. The number of benzene rings is 2. The second-order valence-corrected chi connectivity index (χ2v) is 10.5. The van der Waals surface area contributed by atoms with E-state index in [4.69, 9.17) is 33.7 Å². The molecule has 0 saturated carbocycles. The lowest BCUT2D eigenvalue weighted by Crippen LogP contribution is -2.56. The van der Waals surface area contributed by atoms with Crippen LogP contribution in [0.25, 0.3) is 0 Å². The van der Waals surface area contributed by atoms with E-state index in [0.29, 0.717) is 47.9 Å². The number of halogens is 2. The van der Waals surface area contributed by atoms with Crippen LogP contribution in [0.5, 0.6) is 0 Å². The van der Waals surface area contributed by atoms with E-state index in [1.807, 2.05) is 32.0 Å². The summed E-state index contributed by atoms with van der Waals surface area (Å²) >= 11 is 12.5. The molecule has 8 nitrogen and oxygen atoms in total. The van der Waals surface area contributed by atoms with Gasteiger partial charge < -0.3 is 15.4 Å². The van der Waals surface area contributed by atoms with Crippen LogP contribution in [-0.4, -0.2) is 71.6 Å². The predicted molar refractivity (Wildman–Crippen MR) is 143 cm³/mol. The molecule has 2 aromatic carbocycles.